The molecule has 30 heavy (non-hydrogen) atoms. The molecule has 0 aromatic heterocycles. The predicted molar refractivity (Wildman–Crippen MR) is 111 cm³/mol. The van der Waals surface area contributed by atoms with Crippen molar-refractivity contribution in [1.82, 2.24) is 9.80 Å². The Morgan fingerprint density at radius 2 is 1.77 bits per heavy atom. The third kappa shape index (κ3) is 6.37. The molecule has 2 rings (SSSR count). The van der Waals surface area contributed by atoms with E-state index in [1.165, 1.54) is 7.11 Å². The third-order valence-electron chi connectivity index (χ3n) is 4.85. The number of rotatable bonds is 6. The summed E-state index contributed by atoms with van der Waals surface area (Å²) >= 11 is 0. The smallest absolute Gasteiger partial charge is 0.410 e. The van der Waals surface area contributed by atoms with Gasteiger partial charge in [0.15, 0.2) is 0 Å². The summed E-state index contributed by atoms with van der Waals surface area (Å²) in [6.07, 6.45) is 0.434. The van der Waals surface area contributed by atoms with Crippen LogP contribution in [0.15, 0.2) is 24.3 Å². The second-order valence-corrected chi connectivity index (χ2v) is 8.20. The Morgan fingerprint density at radius 3 is 2.40 bits per heavy atom. The van der Waals surface area contributed by atoms with Gasteiger partial charge in [0.1, 0.15) is 11.4 Å². The van der Waals surface area contributed by atoms with Crippen molar-refractivity contribution in [3.8, 4) is 5.75 Å². The lowest BCUT2D eigenvalue weighted by Crippen LogP contribution is -2.53. The van der Waals surface area contributed by atoms with E-state index < -0.39 is 11.7 Å². The second-order valence-electron chi connectivity index (χ2n) is 8.20. The molecule has 1 atom stereocenters. The second kappa shape index (κ2) is 10.3. The Bertz CT molecular complexity index is 758. The summed E-state index contributed by atoms with van der Waals surface area (Å²) in [6.45, 7) is 6.53. The number of ether oxygens (including phenoxy) is 3. The van der Waals surface area contributed by atoms with Gasteiger partial charge in [0.05, 0.1) is 20.3 Å². The molecule has 1 aromatic rings. The first-order chi connectivity index (χ1) is 14.2. The average Bonchev–Trinajstić information content (AvgIpc) is 2.71. The van der Waals surface area contributed by atoms with Crippen LogP contribution in [0.25, 0.3) is 0 Å². The van der Waals surface area contributed by atoms with Crippen LogP contribution in [0.4, 0.5) is 4.79 Å². The normalized spacial score (nSPS) is 16.8. The zero-order chi connectivity index (χ0) is 22.3. The zero-order valence-electron chi connectivity index (χ0n) is 18.5. The van der Waals surface area contributed by atoms with Crippen molar-refractivity contribution in [1.29, 1.82) is 0 Å². The lowest BCUT2D eigenvalue weighted by molar-refractivity contribution is -0.141. The van der Waals surface area contributed by atoms with E-state index in [0.717, 1.165) is 5.56 Å². The van der Waals surface area contributed by atoms with Gasteiger partial charge in [-0.2, -0.15) is 0 Å². The van der Waals surface area contributed by atoms with Crippen molar-refractivity contribution in [2.75, 3.05) is 33.9 Å². The number of piperazine rings is 1. The zero-order valence-corrected chi connectivity index (χ0v) is 18.5. The Kier molecular flexibility index (Phi) is 8.08. The number of nitrogens with zero attached hydrogens (tertiary/aromatic N) is 2. The topological polar surface area (TPSA) is 85.4 Å². The Balaban J connectivity index is 2.21. The largest absolute Gasteiger partial charge is 0.496 e. The van der Waals surface area contributed by atoms with E-state index in [0.29, 0.717) is 31.8 Å². The molecule has 0 bridgehead atoms. The number of carbonyl (C=O) groups is 3. The quantitative estimate of drug-likeness (QED) is 0.657. The van der Waals surface area contributed by atoms with Crippen LogP contribution in [0.1, 0.15) is 51.6 Å². The SMILES string of the molecule is COC(=O)CCCC(=O)N1CCN(C(=O)OC(C)(C)C)C[C@@H]1c1ccccc1OC. The Hall–Kier alpha value is -2.77. The molecule has 166 valence electrons. The van der Waals surface area contributed by atoms with Crippen LogP contribution >= 0.6 is 0 Å². The van der Waals surface area contributed by atoms with Gasteiger partial charge in [0.25, 0.3) is 0 Å². The molecule has 1 aromatic carbocycles. The highest BCUT2D eigenvalue weighted by Crippen LogP contribution is 2.33. The van der Waals surface area contributed by atoms with Crippen molar-refractivity contribution in [3.05, 3.63) is 29.8 Å². The minimum atomic E-state index is -0.599. The minimum Gasteiger partial charge on any atom is -0.496 e. The summed E-state index contributed by atoms with van der Waals surface area (Å²) in [5.41, 5.74) is 0.229. The molecule has 2 amide bonds. The van der Waals surface area contributed by atoms with Gasteiger partial charge >= 0.3 is 12.1 Å². The highest BCUT2D eigenvalue weighted by Gasteiger charge is 2.36. The number of amides is 2. The fraction of sp³-hybridized carbons (Fsp3) is 0.591. The first-order valence-electron chi connectivity index (χ1n) is 10.1. The van der Waals surface area contributed by atoms with Crippen molar-refractivity contribution in [3.63, 3.8) is 0 Å². The number of benzene rings is 1. The first-order valence-corrected chi connectivity index (χ1v) is 10.1. The van der Waals surface area contributed by atoms with Gasteiger partial charge in [-0.15, -0.1) is 0 Å². The van der Waals surface area contributed by atoms with E-state index in [1.807, 2.05) is 45.0 Å². The van der Waals surface area contributed by atoms with E-state index in [4.69, 9.17) is 9.47 Å². The molecule has 8 nitrogen and oxygen atoms in total. The fourth-order valence-corrected chi connectivity index (χ4v) is 3.41. The maximum absolute atomic E-state index is 13.0. The number of hydrogen-bond donors (Lipinski definition) is 0. The van der Waals surface area contributed by atoms with Crippen molar-refractivity contribution >= 4 is 18.0 Å². The van der Waals surface area contributed by atoms with E-state index in [-0.39, 0.29) is 30.8 Å². The van der Waals surface area contributed by atoms with Crippen LogP contribution in [0.2, 0.25) is 0 Å². The summed E-state index contributed by atoms with van der Waals surface area (Å²) in [5.74, 6) is 0.248. The van der Waals surface area contributed by atoms with E-state index in [9.17, 15) is 14.4 Å². The van der Waals surface area contributed by atoms with Crippen LogP contribution in [0.5, 0.6) is 5.75 Å². The molecular formula is C22H32N2O6. The summed E-state index contributed by atoms with van der Waals surface area (Å²) < 4.78 is 15.7. The number of methoxy groups -OCH3 is 2. The summed E-state index contributed by atoms with van der Waals surface area (Å²) in [6, 6.07) is 7.11. The van der Waals surface area contributed by atoms with Gasteiger partial charge in [0, 0.05) is 38.0 Å². The Labute approximate surface area is 178 Å². The molecule has 1 aliphatic rings. The molecule has 1 fully saturated rings. The number of carbonyl (C=O) groups excluding carboxylic acids is 3. The highest BCUT2D eigenvalue weighted by atomic mass is 16.6. The van der Waals surface area contributed by atoms with Gasteiger partial charge < -0.3 is 24.0 Å². The molecular weight excluding hydrogens is 388 g/mol. The third-order valence-corrected chi connectivity index (χ3v) is 4.85. The lowest BCUT2D eigenvalue weighted by Gasteiger charge is -2.42. The van der Waals surface area contributed by atoms with Crippen LogP contribution in [-0.4, -0.2) is 67.2 Å². The highest BCUT2D eigenvalue weighted by molar-refractivity contribution is 5.78. The van der Waals surface area contributed by atoms with E-state index >= 15 is 0 Å². The predicted octanol–water partition coefficient (Wildman–Crippen LogP) is 3.16. The average molecular weight is 421 g/mol. The van der Waals surface area contributed by atoms with Crippen LogP contribution in [-0.2, 0) is 19.1 Å². The van der Waals surface area contributed by atoms with Gasteiger partial charge in [-0.25, -0.2) is 4.79 Å². The molecule has 0 spiro atoms. The molecule has 0 unspecified atom stereocenters. The molecule has 8 heteroatoms. The van der Waals surface area contributed by atoms with E-state index in [1.54, 1.807) is 16.9 Å². The Morgan fingerprint density at radius 1 is 1.07 bits per heavy atom. The van der Waals surface area contributed by atoms with Crippen molar-refractivity contribution < 1.29 is 28.6 Å². The maximum atomic E-state index is 13.0. The number of esters is 1. The minimum absolute atomic E-state index is 0.0707. The van der Waals surface area contributed by atoms with Crippen molar-refractivity contribution in [2.24, 2.45) is 0 Å². The monoisotopic (exact) mass is 420 g/mol. The van der Waals surface area contributed by atoms with Gasteiger partial charge in [-0.05, 0) is 33.3 Å². The number of hydrogen-bond acceptors (Lipinski definition) is 6. The molecule has 1 aliphatic heterocycles. The molecule has 0 aliphatic carbocycles. The summed E-state index contributed by atoms with van der Waals surface area (Å²) in [4.78, 5) is 40.3. The van der Waals surface area contributed by atoms with Gasteiger partial charge in [0.2, 0.25) is 5.91 Å². The standard InChI is InChI=1S/C22H32N2O6/c1-22(2,3)30-21(27)23-13-14-24(19(25)11-8-12-20(26)29-5)17(15-23)16-9-6-7-10-18(16)28-4/h6-7,9-10,17H,8,11-15H2,1-5H3/t17-/m1/s1. The summed E-state index contributed by atoms with van der Waals surface area (Å²) in [7, 11) is 2.91. The van der Waals surface area contributed by atoms with Crippen LogP contribution in [0.3, 0.4) is 0 Å². The van der Waals surface area contributed by atoms with Crippen LogP contribution < -0.4 is 4.74 Å². The van der Waals surface area contributed by atoms with Gasteiger partial charge in [-0.3, -0.25) is 9.59 Å². The van der Waals surface area contributed by atoms with Crippen molar-refractivity contribution in [2.45, 2.75) is 51.7 Å². The maximum Gasteiger partial charge on any atom is 0.410 e. The van der Waals surface area contributed by atoms with E-state index in [2.05, 4.69) is 4.74 Å². The molecule has 0 radical (unpaired) electrons. The fourth-order valence-electron chi connectivity index (χ4n) is 3.41. The molecule has 1 saturated heterocycles. The molecule has 0 N–H and O–H groups in total. The number of para-hydroxylation sites is 1. The lowest BCUT2D eigenvalue weighted by atomic mass is 10.00. The molecule has 0 saturated carbocycles. The molecule has 1 heterocycles. The van der Waals surface area contributed by atoms with Crippen LogP contribution in [0, 0.1) is 0 Å². The van der Waals surface area contributed by atoms with Gasteiger partial charge in [-0.1, -0.05) is 18.2 Å². The first kappa shape index (κ1) is 23.5. The summed E-state index contributed by atoms with van der Waals surface area (Å²) in [5, 5.41) is 0.